The molecule has 0 aliphatic rings. The van der Waals surface area contributed by atoms with Crippen LogP contribution in [0.5, 0.6) is 0 Å². The quantitative estimate of drug-likeness (QED) is 0.723. The minimum atomic E-state index is -0.390. The summed E-state index contributed by atoms with van der Waals surface area (Å²) in [7, 11) is 3.50. The zero-order chi connectivity index (χ0) is 14.3. The highest BCUT2D eigenvalue weighted by molar-refractivity contribution is 5.80. The fraction of sp³-hybridized carbons (Fsp3) is 0.429. The number of rotatable bonds is 6. The Balaban J connectivity index is 2.27. The lowest BCUT2D eigenvalue weighted by molar-refractivity contribution is -0.147. The van der Waals surface area contributed by atoms with Gasteiger partial charge in [0, 0.05) is 26.7 Å². The third kappa shape index (κ3) is 5.42. The Hall–Kier alpha value is -2.04. The van der Waals surface area contributed by atoms with Crippen molar-refractivity contribution in [2.24, 2.45) is 0 Å². The summed E-state index contributed by atoms with van der Waals surface area (Å²) < 4.78 is 5.08. The third-order valence-electron chi connectivity index (χ3n) is 2.79. The summed E-state index contributed by atoms with van der Waals surface area (Å²) in [5, 5.41) is 0. The molecule has 0 aliphatic heterocycles. The van der Waals surface area contributed by atoms with Crippen LogP contribution >= 0.6 is 0 Å². The van der Waals surface area contributed by atoms with Gasteiger partial charge in [-0.3, -0.25) is 9.59 Å². The average Bonchev–Trinajstić information content (AvgIpc) is 2.39. The fourth-order valence-corrected chi connectivity index (χ4v) is 1.46. The maximum atomic E-state index is 11.4. The maximum absolute atomic E-state index is 11.4. The summed E-state index contributed by atoms with van der Waals surface area (Å²) >= 11 is 0. The van der Waals surface area contributed by atoms with Gasteiger partial charge in [-0.25, -0.2) is 0 Å². The minimum absolute atomic E-state index is 0.00954. The van der Waals surface area contributed by atoms with Crippen LogP contribution in [0.1, 0.15) is 6.92 Å². The van der Waals surface area contributed by atoms with Crippen molar-refractivity contribution in [3.8, 4) is 0 Å². The molecule has 0 unspecified atom stereocenters. The van der Waals surface area contributed by atoms with Crippen molar-refractivity contribution in [3.63, 3.8) is 0 Å². The summed E-state index contributed by atoms with van der Waals surface area (Å²) in [4.78, 5) is 25.7. The van der Waals surface area contributed by atoms with Crippen molar-refractivity contribution >= 4 is 17.6 Å². The smallest absolute Gasteiger partial charge is 0.325 e. The van der Waals surface area contributed by atoms with Crippen LogP contribution in [0.3, 0.4) is 0 Å². The molecule has 0 fully saturated rings. The van der Waals surface area contributed by atoms with Gasteiger partial charge >= 0.3 is 5.97 Å². The van der Waals surface area contributed by atoms with Crippen LogP contribution in [0.25, 0.3) is 0 Å². The van der Waals surface area contributed by atoms with Crippen LogP contribution in [0.4, 0.5) is 5.69 Å². The summed E-state index contributed by atoms with van der Waals surface area (Å²) in [5.74, 6) is -0.544. The van der Waals surface area contributed by atoms with Crippen LogP contribution < -0.4 is 4.90 Å². The van der Waals surface area contributed by atoms with E-state index >= 15 is 0 Å². The van der Waals surface area contributed by atoms with E-state index in [1.54, 1.807) is 7.05 Å². The molecule has 0 saturated carbocycles. The van der Waals surface area contributed by atoms with E-state index in [0.29, 0.717) is 13.2 Å². The van der Waals surface area contributed by atoms with Gasteiger partial charge in [0.2, 0.25) is 5.91 Å². The van der Waals surface area contributed by atoms with Crippen molar-refractivity contribution in [2.45, 2.75) is 6.92 Å². The number of carbonyl (C=O) groups excluding carboxylic acids is 2. The molecule has 5 nitrogen and oxygen atoms in total. The maximum Gasteiger partial charge on any atom is 0.325 e. The van der Waals surface area contributed by atoms with E-state index in [1.807, 2.05) is 42.3 Å². The van der Waals surface area contributed by atoms with Crippen LogP contribution in [-0.4, -0.2) is 50.6 Å². The Morgan fingerprint density at radius 3 is 2.37 bits per heavy atom. The Kier molecular flexibility index (Phi) is 5.85. The number of para-hydroxylation sites is 1. The molecule has 0 atom stereocenters. The monoisotopic (exact) mass is 264 g/mol. The molecule has 0 N–H and O–H groups in total. The first-order chi connectivity index (χ1) is 9.00. The molecule has 5 heteroatoms. The van der Waals surface area contributed by atoms with Gasteiger partial charge in [0.25, 0.3) is 0 Å². The van der Waals surface area contributed by atoms with Crippen molar-refractivity contribution in [1.82, 2.24) is 4.90 Å². The number of nitrogens with zero attached hydrogens (tertiary/aromatic N) is 2. The molecule has 0 heterocycles. The molecule has 0 aliphatic carbocycles. The summed E-state index contributed by atoms with van der Waals surface area (Å²) in [6.45, 7) is 2.32. The Labute approximate surface area is 113 Å². The van der Waals surface area contributed by atoms with E-state index in [0.717, 1.165) is 5.69 Å². The summed E-state index contributed by atoms with van der Waals surface area (Å²) in [6.07, 6.45) is 0. The molecule has 19 heavy (non-hydrogen) atoms. The second kappa shape index (κ2) is 7.41. The van der Waals surface area contributed by atoms with E-state index < -0.39 is 0 Å². The number of benzene rings is 1. The van der Waals surface area contributed by atoms with E-state index in [2.05, 4.69) is 0 Å². The molecule has 0 bridgehead atoms. The van der Waals surface area contributed by atoms with Crippen molar-refractivity contribution in [2.75, 3.05) is 38.7 Å². The zero-order valence-electron chi connectivity index (χ0n) is 11.6. The number of amides is 1. The second-order valence-corrected chi connectivity index (χ2v) is 4.35. The minimum Gasteiger partial charge on any atom is -0.462 e. The lowest BCUT2D eigenvalue weighted by atomic mass is 10.3. The zero-order valence-corrected chi connectivity index (χ0v) is 11.6. The molecule has 1 rings (SSSR count). The SMILES string of the molecule is CC(=O)N(C)CC(=O)OCCN(C)c1ccccc1. The van der Waals surface area contributed by atoms with Gasteiger partial charge in [0.05, 0.1) is 6.54 Å². The molecule has 1 amide bonds. The van der Waals surface area contributed by atoms with Gasteiger partial charge in [-0.15, -0.1) is 0 Å². The van der Waals surface area contributed by atoms with E-state index in [4.69, 9.17) is 4.74 Å². The highest BCUT2D eigenvalue weighted by Gasteiger charge is 2.10. The molecular weight excluding hydrogens is 244 g/mol. The normalized spacial score (nSPS) is 9.84. The van der Waals surface area contributed by atoms with E-state index in [-0.39, 0.29) is 18.4 Å². The largest absolute Gasteiger partial charge is 0.462 e. The van der Waals surface area contributed by atoms with Gasteiger partial charge in [-0.2, -0.15) is 0 Å². The number of anilines is 1. The lowest BCUT2D eigenvalue weighted by Gasteiger charge is -2.19. The first-order valence-electron chi connectivity index (χ1n) is 6.14. The van der Waals surface area contributed by atoms with Crippen molar-refractivity contribution < 1.29 is 14.3 Å². The van der Waals surface area contributed by atoms with E-state index in [9.17, 15) is 9.59 Å². The summed E-state index contributed by atoms with van der Waals surface area (Å²) in [5.41, 5.74) is 1.07. The molecular formula is C14H20N2O3. The number of hydrogen-bond donors (Lipinski definition) is 0. The van der Waals surface area contributed by atoms with Gasteiger partial charge in [-0.1, -0.05) is 18.2 Å². The van der Waals surface area contributed by atoms with E-state index in [1.165, 1.54) is 11.8 Å². The predicted molar refractivity (Wildman–Crippen MR) is 74.0 cm³/mol. The number of hydrogen-bond acceptors (Lipinski definition) is 4. The standard InChI is InChI=1S/C14H20N2O3/c1-12(17)16(3)11-14(18)19-10-9-15(2)13-7-5-4-6-8-13/h4-8H,9-11H2,1-3H3. The first kappa shape index (κ1) is 15.0. The molecule has 1 aromatic rings. The van der Waals surface area contributed by atoms with Gasteiger partial charge in [0.15, 0.2) is 0 Å². The lowest BCUT2D eigenvalue weighted by Crippen LogP contribution is -2.32. The molecule has 0 radical (unpaired) electrons. The molecule has 0 aromatic heterocycles. The number of likely N-dealkylation sites (N-methyl/N-ethyl adjacent to an activating group) is 2. The van der Waals surface area contributed by atoms with Crippen LogP contribution in [-0.2, 0) is 14.3 Å². The third-order valence-corrected chi connectivity index (χ3v) is 2.79. The first-order valence-corrected chi connectivity index (χ1v) is 6.14. The van der Waals surface area contributed by atoms with Gasteiger partial charge < -0.3 is 14.5 Å². The van der Waals surface area contributed by atoms with Crippen LogP contribution in [0, 0.1) is 0 Å². The summed E-state index contributed by atoms with van der Waals surface area (Å²) in [6, 6.07) is 9.85. The van der Waals surface area contributed by atoms with Crippen molar-refractivity contribution in [1.29, 1.82) is 0 Å². The van der Waals surface area contributed by atoms with Gasteiger partial charge in [0.1, 0.15) is 13.2 Å². The highest BCUT2D eigenvalue weighted by Crippen LogP contribution is 2.09. The topological polar surface area (TPSA) is 49.9 Å². The fourth-order valence-electron chi connectivity index (χ4n) is 1.46. The molecule has 0 saturated heterocycles. The number of esters is 1. The number of ether oxygens (including phenoxy) is 1. The van der Waals surface area contributed by atoms with Crippen molar-refractivity contribution in [3.05, 3.63) is 30.3 Å². The molecule has 1 aromatic carbocycles. The van der Waals surface area contributed by atoms with Crippen LogP contribution in [0.15, 0.2) is 30.3 Å². The Morgan fingerprint density at radius 2 is 1.79 bits per heavy atom. The second-order valence-electron chi connectivity index (χ2n) is 4.35. The predicted octanol–water partition coefficient (Wildman–Crippen LogP) is 1.14. The van der Waals surface area contributed by atoms with Gasteiger partial charge in [-0.05, 0) is 12.1 Å². The molecule has 0 spiro atoms. The Morgan fingerprint density at radius 1 is 1.16 bits per heavy atom. The highest BCUT2D eigenvalue weighted by atomic mass is 16.5. The number of carbonyl (C=O) groups is 2. The Bertz CT molecular complexity index is 420. The van der Waals surface area contributed by atoms with Crippen LogP contribution in [0.2, 0.25) is 0 Å². The molecule has 104 valence electrons. The average molecular weight is 264 g/mol.